The van der Waals surface area contributed by atoms with E-state index < -0.39 is 0 Å². The van der Waals surface area contributed by atoms with E-state index in [1.165, 1.54) is 28.7 Å². The molecule has 0 aliphatic rings. The Morgan fingerprint density at radius 1 is 1.00 bits per heavy atom. The van der Waals surface area contributed by atoms with E-state index in [1.807, 2.05) is 7.05 Å². The van der Waals surface area contributed by atoms with Crippen LogP contribution in [0.5, 0.6) is 0 Å². The molecule has 1 atom stereocenters. The van der Waals surface area contributed by atoms with Crippen LogP contribution in [0.25, 0.3) is 0 Å². The molecule has 1 nitrogen and oxygen atoms in total. The predicted octanol–water partition coefficient (Wildman–Crippen LogP) is 4.51. The summed E-state index contributed by atoms with van der Waals surface area (Å²) in [6.07, 6.45) is 3.42. The van der Waals surface area contributed by atoms with Gasteiger partial charge in [-0.1, -0.05) is 68.8 Å². The lowest BCUT2D eigenvalue weighted by atomic mass is 9.92. The van der Waals surface area contributed by atoms with Gasteiger partial charge in [0.25, 0.3) is 0 Å². The second kappa shape index (κ2) is 7.25. The highest BCUT2D eigenvalue weighted by molar-refractivity contribution is 5.38. The van der Waals surface area contributed by atoms with E-state index >= 15 is 0 Å². The maximum absolute atomic E-state index is 3.48. The first-order valence-electron chi connectivity index (χ1n) is 7.64. The van der Waals surface area contributed by atoms with Gasteiger partial charge >= 0.3 is 0 Å². The number of nitrogens with one attached hydrogen (secondary N) is 1. The maximum Gasteiger partial charge on any atom is 0.0577 e. The third-order valence-electron chi connectivity index (χ3n) is 3.86. The second-order valence-corrected chi connectivity index (χ2v) is 5.27. The first-order chi connectivity index (χ1) is 9.80. The fourth-order valence-corrected chi connectivity index (χ4v) is 2.86. The van der Waals surface area contributed by atoms with Crippen LogP contribution in [0.1, 0.15) is 48.6 Å². The Hall–Kier alpha value is -1.60. The van der Waals surface area contributed by atoms with Crippen molar-refractivity contribution in [3.8, 4) is 0 Å². The lowest BCUT2D eigenvalue weighted by Gasteiger charge is -2.21. The van der Waals surface area contributed by atoms with Gasteiger partial charge in [-0.2, -0.15) is 0 Å². The van der Waals surface area contributed by atoms with E-state index in [9.17, 15) is 0 Å². The van der Waals surface area contributed by atoms with Gasteiger partial charge in [-0.25, -0.2) is 0 Å². The van der Waals surface area contributed by atoms with Crippen molar-refractivity contribution in [1.29, 1.82) is 0 Å². The van der Waals surface area contributed by atoms with E-state index in [2.05, 4.69) is 67.7 Å². The minimum absolute atomic E-state index is 0.281. The molecule has 0 bridgehead atoms. The quantitative estimate of drug-likeness (QED) is 0.812. The number of rotatable bonds is 6. The average Bonchev–Trinajstić information content (AvgIpc) is 2.49. The van der Waals surface area contributed by atoms with E-state index in [0.29, 0.717) is 0 Å². The molecule has 0 aromatic heterocycles. The molecule has 0 saturated heterocycles. The monoisotopic (exact) mass is 267 g/mol. The Bertz CT molecular complexity index is 545. The molecule has 2 aromatic carbocycles. The molecule has 2 aromatic rings. The van der Waals surface area contributed by atoms with Crippen molar-refractivity contribution in [2.75, 3.05) is 7.05 Å². The van der Waals surface area contributed by atoms with Crippen LogP contribution in [0.4, 0.5) is 0 Å². The van der Waals surface area contributed by atoms with Crippen molar-refractivity contribution in [2.45, 2.75) is 39.2 Å². The van der Waals surface area contributed by atoms with E-state index in [4.69, 9.17) is 0 Å². The van der Waals surface area contributed by atoms with Gasteiger partial charge in [0, 0.05) is 0 Å². The summed E-state index contributed by atoms with van der Waals surface area (Å²) in [6.45, 7) is 4.45. The van der Waals surface area contributed by atoms with Gasteiger partial charge in [-0.3, -0.25) is 0 Å². The van der Waals surface area contributed by atoms with E-state index in [0.717, 1.165) is 12.8 Å². The maximum atomic E-state index is 3.48. The van der Waals surface area contributed by atoms with E-state index in [1.54, 1.807) is 0 Å². The Labute approximate surface area is 123 Å². The molecule has 106 valence electrons. The highest BCUT2D eigenvalue weighted by atomic mass is 14.9. The van der Waals surface area contributed by atoms with Crippen LogP contribution in [-0.2, 0) is 12.8 Å². The normalized spacial score (nSPS) is 12.3. The highest BCUT2D eigenvalue weighted by Gasteiger charge is 2.14. The molecule has 0 fully saturated rings. The fraction of sp³-hybridized carbons (Fsp3) is 0.368. The predicted molar refractivity (Wildman–Crippen MR) is 87.2 cm³/mol. The molecule has 0 heterocycles. The highest BCUT2D eigenvalue weighted by Crippen LogP contribution is 2.26. The number of hydrogen-bond donors (Lipinski definition) is 1. The van der Waals surface area contributed by atoms with Crippen LogP contribution in [0.15, 0.2) is 48.5 Å². The van der Waals surface area contributed by atoms with Gasteiger partial charge in [0.1, 0.15) is 0 Å². The van der Waals surface area contributed by atoms with Crippen molar-refractivity contribution in [3.05, 3.63) is 70.8 Å². The Morgan fingerprint density at radius 3 is 2.50 bits per heavy atom. The zero-order valence-electron chi connectivity index (χ0n) is 12.8. The van der Waals surface area contributed by atoms with Crippen molar-refractivity contribution in [3.63, 3.8) is 0 Å². The second-order valence-electron chi connectivity index (χ2n) is 5.27. The zero-order valence-corrected chi connectivity index (χ0v) is 12.8. The van der Waals surface area contributed by atoms with Gasteiger partial charge in [0.15, 0.2) is 0 Å². The number of benzene rings is 2. The minimum Gasteiger partial charge on any atom is -0.309 e. The molecule has 0 aliphatic carbocycles. The largest absolute Gasteiger partial charge is 0.309 e. The standard InChI is InChI=1S/C19H25N/c1-4-9-15-10-8-12-17(14-15)19(20-3)18-13-7-6-11-16(18)5-2/h6-8,10-14,19-20H,4-5,9H2,1-3H3. The van der Waals surface area contributed by atoms with Crippen LogP contribution in [0.3, 0.4) is 0 Å². The lowest BCUT2D eigenvalue weighted by Crippen LogP contribution is -2.19. The Morgan fingerprint density at radius 2 is 1.80 bits per heavy atom. The number of hydrogen-bond acceptors (Lipinski definition) is 1. The minimum atomic E-state index is 0.281. The summed E-state index contributed by atoms with van der Waals surface area (Å²) in [4.78, 5) is 0. The lowest BCUT2D eigenvalue weighted by molar-refractivity contribution is 0.682. The van der Waals surface area contributed by atoms with Gasteiger partial charge in [-0.15, -0.1) is 0 Å². The number of aryl methyl sites for hydroxylation is 2. The Balaban J connectivity index is 2.39. The first kappa shape index (κ1) is 14.8. The van der Waals surface area contributed by atoms with Crippen molar-refractivity contribution >= 4 is 0 Å². The summed E-state index contributed by atoms with van der Waals surface area (Å²) < 4.78 is 0. The van der Waals surface area contributed by atoms with Gasteiger partial charge < -0.3 is 5.32 Å². The van der Waals surface area contributed by atoms with Crippen LogP contribution >= 0.6 is 0 Å². The fourth-order valence-electron chi connectivity index (χ4n) is 2.86. The van der Waals surface area contributed by atoms with E-state index in [-0.39, 0.29) is 6.04 Å². The summed E-state index contributed by atoms with van der Waals surface area (Å²) in [7, 11) is 2.05. The summed E-state index contributed by atoms with van der Waals surface area (Å²) in [5.74, 6) is 0. The smallest absolute Gasteiger partial charge is 0.0577 e. The van der Waals surface area contributed by atoms with Gasteiger partial charge in [0.2, 0.25) is 0 Å². The molecule has 0 spiro atoms. The molecule has 1 unspecified atom stereocenters. The molecule has 0 aliphatic heterocycles. The summed E-state index contributed by atoms with van der Waals surface area (Å²) in [5, 5.41) is 3.48. The third-order valence-corrected chi connectivity index (χ3v) is 3.86. The molecule has 0 amide bonds. The zero-order chi connectivity index (χ0) is 14.4. The topological polar surface area (TPSA) is 12.0 Å². The van der Waals surface area contributed by atoms with Crippen molar-refractivity contribution in [1.82, 2.24) is 5.32 Å². The van der Waals surface area contributed by atoms with Crippen LogP contribution in [-0.4, -0.2) is 7.05 Å². The van der Waals surface area contributed by atoms with Gasteiger partial charge in [-0.05, 0) is 42.1 Å². The average molecular weight is 267 g/mol. The summed E-state index contributed by atoms with van der Waals surface area (Å²) in [5.41, 5.74) is 5.61. The Kier molecular flexibility index (Phi) is 5.37. The van der Waals surface area contributed by atoms with Crippen LogP contribution < -0.4 is 5.32 Å². The van der Waals surface area contributed by atoms with Crippen LogP contribution in [0, 0.1) is 0 Å². The third kappa shape index (κ3) is 3.29. The van der Waals surface area contributed by atoms with Crippen molar-refractivity contribution < 1.29 is 0 Å². The summed E-state index contributed by atoms with van der Waals surface area (Å²) >= 11 is 0. The molecule has 20 heavy (non-hydrogen) atoms. The molecule has 1 heteroatoms. The molecular formula is C19H25N. The summed E-state index contributed by atoms with van der Waals surface area (Å²) in [6, 6.07) is 18.0. The van der Waals surface area contributed by atoms with Gasteiger partial charge in [0.05, 0.1) is 6.04 Å². The van der Waals surface area contributed by atoms with Crippen molar-refractivity contribution in [2.24, 2.45) is 0 Å². The first-order valence-corrected chi connectivity index (χ1v) is 7.64. The molecular weight excluding hydrogens is 242 g/mol. The molecule has 0 saturated carbocycles. The van der Waals surface area contributed by atoms with Crippen LogP contribution in [0.2, 0.25) is 0 Å². The SMILES string of the molecule is CCCc1cccc(C(NC)c2ccccc2CC)c1. The molecule has 0 radical (unpaired) electrons. The molecule has 2 rings (SSSR count). The molecule has 1 N–H and O–H groups in total.